The minimum atomic E-state index is -0.709. The van der Waals surface area contributed by atoms with Crippen LogP contribution in [0, 0.1) is 0 Å². The van der Waals surface area contributed by atoms with Gasteiger partial charge in [-0.15, -0.1) is 0 Å². The Bertz CT molecular complexity index is 583. The van der Waals surface area contributed by atoms with Gasteiger partial charge in [-0.1, -0.05) is 31.6 Å². The summed E-state index contributed by atoms with van der Waals surface area (Å²) in [4.78, 5) is 0. The van der Waals surface area contributed by atoms with Crippen molar-refractivity contribution in [3.63, 3.8) is 0 Å². The molecule has 5 nitrogen and oxygen atoms in total. The first-order valence-corrected chi connectivity index (χ1v) is 8.60. The average Bonchev–Trinajstić information content (AvgIpc) is 3.05. The second-order valence-corrected chi connectivity index (χ2v) is 5.95. The molecule has 0 aromatic carbocycles. The molecule has 0 spiro atoms. The van der Waals surface area contributed by atoms with Gasteiger partial charge in [0.2, 0.25) is 0 Å². The molecule has 0 bridgehead atoms. The molecule has 0 aliphatic rings. The third-order valence-electron chi connectivity index (χ3n) is 3.89. The molecule has 0 saturated carbocycles. The van der Waals surface area contributed by atoms with Crippen molar-refractivity contribution in [3.8, 4) is 0 Å². The van der Waals surface area contributed by atoms with Gasteiger partial charge < -0.3 is 24.5 Å². The van der Waals surface area contributed by atoms with E-state index in [0.29, 0.717) is 42.1 Å². The molecule has 0 aliphatic heterocycles. The van der Waals surface area contributed by atoms with Crippen LogP contribution >= 0.6 is 0 Å². The largest absolute Gasteiger partial charge is 0.459 e. The molecule has 3 N–H and O–H groups in total. The summed E-state index contributed by atoms with van der Waals surface area (Å²) in [6.07, 6.45) is 5.95. The van der Waals surface area contributed by atoms with Gasteiger partial charge in [0, 0.05) is 7.11 Å². The molecule has 1 unspecified atom stereocenters. The lowest BCUT2D eigenvalue weighted by Crippen LogP contribution is -2.15. The van der Waals surface area contributed by atoms with Gasteiger partial charge in [0.1, 0.15) is 18.1 Å². The van der Waals surface area contributed by atoms with Gasteiger partial charge >= 0.3 is 0 Å². The number of ether oxygens (including phenoxy) is 1. The lowest BCUT2D eigenvalue weighted by Gasteiger charge is -2.18. The summed E-state index contributed by atoms with van der Waals surface area (Å²) in [6.45, 7) is 6.06. The van der Waals surface area contributed by atoms with Crippen LogP contribution in [0.5, 0.6) is 0 Å². The van der Waals surface area contributed by atoms with E-state index in [0.717, 1.165) is 12.8 Å². The second kappa shape index (κ2) is 11.8. The standard InChI is InChI=1S/C20H30O5/c1-4-5-16(12-17-7-8-18(13-22)25-17)6-9-20(23)19(10-11-21)15(2)14-24-3/h7-8,10,12,20-23H,2,4-6,9,11,13-14H2,1,3H3/b16-12+,19-10-. The molecular formula is C20H30O5. The average molecular weight is 350 g/mol. The number of rotatable bonds is 12. The zero-order valence-corrected chi connectivity index (χ0v) is 15.2. The Hall–Kier alpha value is -1.66. The van der Waals surface area contributed by atoms with Crippen LogP contribution in [0.1, 0.15) is 44.1 Å². The van der Waals surface area contributed by atoms with E-state index < -0.39 is 6.10 Å². The van der Waals surface area contributed by atoms with Crippen molar-refractivity contribution < 1.29 is 24.5 Å². The van der Waals surface area contributed by atoms with E-state index in [1.165, 1.54) is 5.57 Å². The van der Waals surface area contributed by atoms with Crippen molar-refractivity contribution >= 4 is 6.08 Å². The fourth-order valence-electron chi connectivity index (χ4n) is 2.70. The SMILES string of the molecule is C=C(COC)/C(=C/CO)C(O)CC/C(=C/c1ccc(CO)o1)CCC. The van der Waals surface area contributed by atoms with E-state index in [1.54, 1.807) is 19.3 Å². The third kappa shape index (κ3) is 7.40. The number of hydrogen-bond acceptors (Lipinski definition) is 5. The van der Waals surface area contributed by atoms with Gasteiger partial charge in [0.25, 0.3) is 0 Å². The maximum absolute atomic E-state index is 10.5. The Morgan fingerprint density at radius 3 is 2.64 bits per heavy atom. The molecule has 0 saturated heterocycles. The number of hydrogen-bond donors (Lipinski definition) is 3. The highest BCUT2D eigenvalue weighted by Crippen LogP contribution is 2.23. The Kier molecular flexibility index (Phi) is 10.1. The number of methoxy groups -OCH3 is 1. The van der Waals surface area contributed by atoms with Gasteiger partial charge in [0.05, 0.1) is 19.3 Å². The highest BCUT2D eigenvalue weighted by atomic mass is 16.5. The van der Waals surface area contributed by atoms with Crippen molar-refractivity contribution in [3.05, 3.63) is 53.0 Å². The van der Waals surface area contributed by atoms with Crippen molar-refractivity contribution in [2.75, 3.05) is 20.3 Å². The third-order valence-corrected chi connectivity index (χ3v) is 3.89. The summed E-state index contributed by atoms with van der Waals surface area (Å²) in [5.74, 6) is 1.24. The van der Waals surface area contributed by atoms with Crippen molar-refractivity contribution in [2.24, 2.45) is 0 Å². The predicted molar refractivity (Wildman–Crippen MR) is 98.9 cm³/mol. The molecule has 0 fully saturated rings. The van der Waals surface area contributed by atoms with Crippen LogP contribution in [0.2, 0.25) is 0 Å². The molecule has 0 aliphatic carbocycles. The van der Waals surface area contributed by atoms with Crippen molar-refractivity contribution in [2.45, 2.75) is 45.3 Å². The predicted octanol–water partition coefficient (Wildman–Crippen LogP) is 3.22. The summed E-state index contributed by atoms with van der Waals surface area (Å²) in [7, 11) is 1.57. The van der Waals surface area contributed by atoms with Gasteiger partial charge in [-0.3, -0.25) is 0 Å². The summed E-state index contributed by atoms with van der Waals surface area (Å²) >= 11 is 0. The molecule has 1 aromatic rings. The van der Waals surface area contributed by atoms with Crippen LogP contribution in [-0.2, 0) is 11.3 Å². The molecule has 1 rings (SSSR count). The first-order chi connectivity index (χ1) is 12.0. The molecule has 5 heteroatoms. The zero-order valence-electron chi connectivity index (χ0n) is 15.2. The van der Waals surface area contributed by atoms with Crippen LogP contribution in [0.25, 0.3) is 6.08 Å². The first kappa shape index (κ1) is 21.4. The maximum atomic E-state index is 10.5. The quantitative estimate of drug-likeness (QED) is 0.504. The van der Waals surface area contributed by atoms with Gasteiger partial charge in [-0.25, -0.2) is 0 Å². The Morgan fingerprint density at radius 2 is 2.08 bits per heavy atom. The molecule has 1 atom stereocenters. The first-order valence-electron chi connectivity index (χ1n) is 8.60. The summed E-state index contributed by atoms with van der Waals surface area (Å²) in [6, 6.07) is 3.58. The van der Waals surface area contributed by atoms with Crippen molar-refractivity contribution in [1.29, 1.82) is 0 Å². The maximum Gasteiger partial charge on any atom is 0.130 e. The Balaban J connectivity index is 2.77. The van der Waals surface area contributed by atoms with Gasteiger partial charge in [-0.05, 0) is 48.6 Å². The molecule has 140 valence electrons. The number of allylic oxidation sites excluding steroid dienone is 1. The normalized spacial score (nSPS) is 14.0. The molecule has 25 heavy (non-hydrogen) atoms. The van der Waals surface area contributed by atoms with E-state index in [-0.39, 0.29) is 13.2 Å². The van der Waals surface area contributed by atoms with Gasteiger partial charge in [-0.2, -0.15) is 0 Å². The molecular weight excluding hydrogens is 320 g/mol. The smallest absolute Gasteiger partial charge is 0.130 e. The molecule has 1 aromatic heterocycles. The number of aliphatic hydroxyl groups is 3. The lowest BCUT2D eigenvalue weighted by molar-refractivity contribution is 0.189. The van der Waals surface area contributed by atoms with Crippen LogP contribution < -0.4 is 0 Å². The summed E-state index contributed by atoms with van der Waals surface area (Å²) in [5, 5.41) is 28.7. The minimum Gasteiger partial charge on any atom is -0.459 e. The number of furan rings is 1. The topological polar surface area (TPSA) is 83.1 Å². The Morgan fingerprint density at radius 1 is 1.32 bits per heavy atom. The van der Waals surface area contributed by atoms with E-state index in [1.807, 2.05) is 12.1 Å². The summed E-state index contributed by atoms with van der Waals surface area (Å²) < 4.78 is 10.6. The van der Waals surface area contributed by atoms with Gasteiger partial charge in [0.15, 0.2) is 0 Å². The van der Waals surface area contributed by atoms with Crippen molar-refractivity contribution in [1.82, 2.24) is 0 Å². The second-order valence-electron chi connectivity index (χ2n) is 5.95. The van der Waals surface area contributed by atoms with E-state index in [9.17, 15) is 10.2 Å². The highest BCUT2D eigenvalue weighted by Gasteiger charge is 2.15. The fraction of sp³-hybridized carbons (Fsp3) is 0.500. The number of aliphatic hydroxyl groups excluding tert-OH is 3. The molecule has 0 amide bonds. The lowest BCUT2D eigenvalue weighted by atomic mass is 9.95. The van der Waals surface area contributed by atoms with Crippen LogP contribution in [-0.4, -0.2) is 41.7 Å². The molecule has 1 heterocycles. The van der Waals surface area contributed by atoms with E-state index in [2.05, 4.69) is 13.5 Å². The summed E-state index contributed by atoms with van der Waals surface area (Å²) in [5.41, 5.74) is 2.46. The Labute approximate surface area is 149 Å². The van der Waals surface area contributed by atoms with Crippen LogP contribution in [0.4, 0.5) is 0 Å². The van der Waals surface area contributed by atoms with Crippen LogP contribution in [0.3, 0.4) is 0 Å². The van der Waals surface area contributed by atoms with Crippen LogP contribution in [0.15, 0.2) is 45.9 Å². The monoisotopic (exact) mass is 350 g/mol. The highest BCUT2D eigenvalue weighted by molar-refractivity contribution is 5.47. The minimum absolute atomic E-state index is 0.118. The zero-order chi connectivity index (χ0) is 18.7. The fourth-order valence-corrected chi connectivity index (χ4v) is 2.70. The van der Waals surface area contributed by atoms with E-state index >= 15 is 0 Å². The van der Waals surface area contributed by atoms with E-state index in [4.69, 9.17) is 14.3 Å². The molecule has 0 radical (unpaired) electrons.